The Kier molecular flexibility index (Phi) is 5.33. The topological polar surface area (TPSA) is 91.4 Å². The molecule has 0 spiro atoms. The first-order valence-electron chi connectivity index (χ1n) is 8.14. The number of benzene rings is 2. The third-order valence-corrected chi connectivity index (χ3v) is 3.83. The molecule has 0 unspecified atom stereocenters. The fourth-order valence-electron chi connectivity index (χ4n) is 2.51. The van der Waals surface area contributed by atoms with Crippen LogP contribution in [0.25, 0.3) is 0 Å². The molecule has 0 aliphatic carbocycles. The molecule has 6 nitrogen and oxygen atoms in total. The SMILES string of the molecule is Cc1ccc(C(=O)Nc2cc[nH]c(=O)c2)c(Oc2ccc(F)cc2CO)c1. The van der Waals surface area contributed by atoms with Gasteiger partial charge in [0.2, 0.25) is 5.56 Å². The Balaban J connectivity index is 1.93. The van der Waals surface area contributed by atoms with Gasteiger partial charge in [-0.1, -0.05) is 6.07 Å². The van der Waals surface area contributed by atoms with E-state index in [0.717, 1.165) is 5.56 Å². The maximum Gasteiger partial charge on any atom is 0.259 e. The molecule has 0 saturated heterocycles. The summed E-state index contributed by atoms with van der Waals surface area (Å²) in [6.07, 6.45) is 1.43. The zero-order valence-corrected chi connectivity index (χ0v) is 14.5. The normalized spacial score (nSPS) is 10.5. The van der Waals surface area contributed by atoms with Crippen molar-refractivity contribution in [1.29, 1.82) is 0 Å². The van der Waals surface area contributed by atoms with E-state index in [1.807, 2.05) is 6.92 Å². The molecule has 1 heterocycles. The van der Waals surface area contributed by atoms with Crippen molar-refractivity contribution in [2.24, 2.45) is 0 Å². The van der Waals surface area contributed by atoms with E-state index in [2.05, 4.69) is 10.3 Å². The Morgan fingerprint density at radius 1 is 1.15 bits per heavy atom. The summed E-state index contributed by atoms with van der Waals surface area (Å²) in [5, 5.41) is 12.1. The minimum Gasteiger partial charge on any atom is -0.456 e. The van der Waals surface area contributed by atoms with Crippen LogP contribution in [0.3, 0.4) is 0 Å². The lowest BCUT2D eigenvalue weighted by atomic mass is 10.1. The molecule has 0 bridgehead atoms. The highest BCUT2D eigenvalue weighted by molar-refractivity contribution is 6.06. The van der Waals surface area contributed by atoms with Gasteiger partial charge in [0, 0.05) is 23.5 Å². The van der Waals surface area contributed by atoms with Gasteiger partial charge in [-0.2, -0.15) is 0 Å². The van der Waals surface area contributed by atoms with E-state index in [4.69, 9.17) is 4.74 Å². The highest BCUT2D eigenvalue weighted by Gasteiger charge is 2.16. The number of amides is 1. The maximum absolute atomic E-state index is 13.4. The number of aromatic amines is 1. The third kappa shape index (κ3) is 4.39. The lowest BCUT2D eigenvalue weighted by Crippen LogP contribution is -2.15. The number of pyridine rings is 1. The molecule has 1 amide bonds. The van der Waals surface area contributed by atoms with Crippen LogP contribution in [0.5, 0.6) is 11.5 Å². The van der Waals surface area contributed by atoms with E-state index in [1.54, 1.807) is 24.3 Å². The summed E-state index contributed by atoms with van der Waals surface area (Å²) in [6, 6.07) is 11.6. The second-order valence-electron chi connectivity index (χ2n) is 5.91. The van der Waals surface area contributed by atoms with Crippen molar-refractivity contribution in [3.05, 3.63) is 87.6 Å². The molecule has 27 heavy (non-hydrogen) atoms. The molecule has 0 aliphatic rings. The van der Waals surface area contributed by atoms with Gasteiger partial charge in [0.05, 0.1) is 12.2 Å². The van der Waals surface area contributed by atoms with Gasteiger partial charge in [-0.3, -0.25) is 9.59 Å². The molecule has 3 N–H and O–H groups in total. The summed E-state index contributed by atoms with van der Waals surface area (Å²) in [5.41, 5.74) is 1.34. The smallest absolute Gasteiger partial charge is 0.259 e. The van der Waals surface area contributed by atoms with Crippen LogP contribution in [0, 0.1) is 12.7 Å². The van der Waals surface area contributed by atoms with Crippen LogP contribution in [0.2, 0.25) is 0 Å². The number of carbonyl (C=O) groups is 1. The fourth-order valence-corrected chi connectivity index (χ4v) is 2.51. The lowest BCUT2D eigenvalue weighted by molar-refractivity contribution is 0.102. The Labute approximate surface area is 154 Å². The number of H-pyrrole nitrogens is 1. The van der Waals surface area contributed by atoms with E-state index in [1.165, 1.54) is 30.5 Å². The number of aryl methyl sites for hydroxylation is 1. The van der Waals surface area contributed by atoms with Crippen molar-refractivity contribution in [3.63, 3.8) is 0 Å². The van der Waals surface area contributed by atoms with E-state index in [0.29, 0.717) is 5.69 Å². The zero-order valence-electron chi connectivity index (χ0n) is 14.5. The number of ether oxygens (including phenoxy) is 1. The van der Waals surface area contributed by atoms with E-state index in [-0.39, 0.29) is 28.2 Å². The summed E-state index contributed by atoms with van der Waals surface area (Å²) < 4.78 is 19.2. The number of anilines is 1. The highest BCUT2D eigenvalue weighted by atomic mass is 19.1. The Morgan fingerprint density at radius 2 is 1.96 bits per heavy atom. The first kappa shape index (κ1) is 18.3. The Hall–Kier alpha value is -3.45. The second kappa shape index (κ2) is 7.84. The van der Waals surface area contributed by atoms with Gasteiger partial charge in [-0.15, -0.1) is 0 Å². The predicted octanol–water partition coefficient (Wildman–Crippen LogP) is 3.36. The standard InChI is InChI=1S/C20H17FN2O4/c1-12-2-4-16(20(26)23-15-6-7-22-19(25)10-15)18(8-12)27-17-5-3-14(21)9-13(17)11-24/h2-10,24H,11H2,1H3,(H2,22,23,25,26). The van der Waals surface area contributed by atoms with Crippen molar-refractivity contribution < 1.29 is 19.0 Å². The average Bonchev–Trinajstić information content (AvgIpc) is 2.63. The molecule has 0 atom stereocenters. The molecule has 3 rings (SSSR count). The molecule has 0 saturated carbocycles. The van der Waals surface area contributed by atoms with Crippen LogP contribution >= 0.6 is 0 Å². The summed E-state index contributed by atoms with van der Waals surface area (Å²) in [5.74, 6) is -0.473. The summed E-state index contributed by atoms with van der Waals surface area (Å²) in [6.45, 7) is 1.43. The van der Waals surface area contributed by atoms with Crippen LogP contribution in [0.1, 0.15) is 21.5 Å². The van der Waals surface area contributed by atoms with Crippen LogP contribution in [-0.2, 0) is 6.61 Å². The molecular weight excluding hydrogens is 351 g/mol. The zero-order chi connectivity index (χ0) is 19.4. The summed E-state index contributed by atoms with van der Waals surface area (Å²) >= 11 is 0. The number of hydrogen-bond acceptors (Lipinski definition) is 4. The number of halogens is 1. The van der Waals surface area contributed by atoms with Crippen molar-refractivity contribution in [2.75, 3.05) is 5.32 Å². The molecule has 7 heteroatoms. The molecule has 0 fully saturated rings. The van der Waals surface area contributed by atoms with Crippen LogP contribution in [0.4, 0.5) is 10.1 Å². The van der Waals surface area contributed by atoms with Crippen LogP contribution in [-0.4, -0.2) is 16.0 Å². The molecule has 0 aliphatic heterocycles. The Morgan fingerprint density at radius 3 is 2.70 bits per heavy atom. The number of rotatable bonds is 5. The van der Waals surface area contributed by atoms with Gasteiger partial charge in [0.1, 0.15) is 17.3 Å². The summed E-state index contributed by atoms with van der Waals surface area (Å²) in [4.78, 5) is 26.5. The van der Waals surface area contributed by atoms with Crippen molar-refractivity contribution in [1.82, 2.24) is 4.98 Å². The predicted molar refractivity (Wildman–Crippen MR) is 98.6 cm³/mol. The third-order valence-electron chi connectivity index (χ3n) is 3.83. The molecule has 138 valence electrons. The molecule has 2 aromatic carbocycles. The number of aliphatic hydroxyl groups is 1. The van der Waals surface area contributed by atoms with Gasteiger partial charge in [-0.05, 0) is 48.9 Å². The highest BCUT2D eigenvalue weighted by Crippen LogP contribution is 2.30. The Bertz CT molecular complexity index is 1050. The fraction of sp³-hybridized carbons (Fsp3) is 0.100. The number of carbonyl (C=O) groups excluding carboxylic acids is 1. The van der Waals surface area contributed by atoms with Crippen LogP contribution < -0.4 is 15.6 Å². The largest absolute Gasteiger partial charge is 0.456 e. The van der Waals surface area contributed by atoms with Crippen molar-refractivity contribution in [3.8, 4) is 11.5 Å². The number of nitrogens with one attached hydrogen (secondary N) is 2. The molecular formula is C20H17FN2O4. The first-order valence-corrected chi connectivity index (χ1v) is 8.14. The molecule has 0 radical (unpaired) electrons. The van der Waals surface area contributed by atoms with Crippen LogP contribution in [0.15, 0.2) is 59.5 Å². The average molecular weight is 368 g/mol. The van der Waals surface area contributed by atoms with Gasteiger partial charge in [0.15, 0.2) is 0 Å². The minimum absolute atomic E-state index is 0.231. The molecule has 1 aromatic heterocycles. The van der Waals surface area contributed by atoms with E-state index < -0.39 is 18.3 Å². The monoisotopic (exact) mass is 368 g/mol. The second-order valence-corrected chi connectivity index (χ2v) is 5.91. The maximum atomic E-state index is 13.4. The minimum atomic E-state index is -0.497. The number of hydrogen-bond donors (Lipinski definition) is 3. The summed E-state index contributed by atoms with van der Waals surface area (Å²) in [7, 11) is 0. The van der Waals surface area contributed by atoms with Crippen molar-refractivity contribution >= 4 is 11.6 Å². The van der Waals surface area contributed by atoms with Crippen molar-refractivity contribution in [2.45, 2.75) is 13.5 Å². The van der Waals surface area contributed by atoms with Gasteiger partial charge in [-0.25, -0.2) is 4.39 Å². The van der Waals surface area contributed by atoms with Gasteiger partial charge < -0.3 is 20.1 Å². The first-order chi connectivity index (χ1) is 13.0. The van der Waals surface area contributed by atoms with Gasteiger partial charge in [0.25, 0.3) is 5.91 Å². The van der Waals surface area contributed by atoms with E-state index in [9.17, 15) is 19.1 Å². The van der Waals surface area contributed by atoms with E-state index >= 15 is 0 Å². The molecule has 3 aromatic rings. The lowest BCUT2D eigenvalue weighted by Gasteiger charge is -2.14. The van der Waals surface area contributed by atoms with Gasteiger partial charge >= 0.3 is 0 Å². The quantitative estimate of drug-likeness (QED) is 0.644. The number of aliphatic hydroxyl groups excluding tert-OH is 1. The number of aromatic nitrogens is 1.